The van der Waals surface area contributed by atoms with E-state index in [0.717, 1.165) is 22.8 Å². The number of aryl methyl sites for hydroxylation is 2. The van der Waals surface area contributed by atoms with Crippen molar-refractivity contribution in [2.75, 3.05) is 17.3 Å². The van der Waals surface area contributed by atoms with Crippen molar-refractivity contribution >= 4 is 32.8 Å². The molecule has 0 radical (unpaired) electrons. The third-order valence-corrected chi connectivity index (χ3v) is 6.30. The van der Waals surface area contributed by atoms with Gasteiger partial charge in [-0.2, -0.15) is 5.10 Å². The molecule has 33 heavy (non-hydrogen) atoms. The van der Waals surface area contributed by atoms with Crippen LogP contribution in [0.1, 0.15) is 23.6 Å². The highest BCUT2D eigenvalue weighted by atomic mass is 32.2. The van der Waals surface area contributed by atoms with Crippen LogP contribution in [0.3, 0.4) is 0 Å². The maximum absolute atomic E-state index is 12.8. The van der Waals surface area contributed by atoms with Crippen LogP contribution in [0.4, 0.5) is 17.1 Å². The molecule has 3 rings (SSSR count). The summed E-state index contributed by atoms with van der Waals surface area (Å²) in [5.74, 6) is 0.652. The van der Waals surface area contributed by atoms with E-state index in [0.29, 0.717) is 17.1 Å². The van der Waals surface area contributed by atoms with Gasteiger partial charge in [-0.15, -0.1) is 0 Å². The lowest BCUT2D eigenvalue weighted by Gasteiger charge is -2.12. The van der Waals surface area contributed by atoms with Crippen LogP contribution >= 0.6 is 0 Å². The van der Waals surface area contributed by atoms with E-state index in [4.69, 9.17) is 4.74 Å². The first-order chi connectivity index (χ1) is 15.6. The summed E-state index contributed by atoms with van der Waals surface area (Å²) in [5, 5.41) is 15.8. The molecule has 0 amide bonds. The molecule has 3 aromatic carbocycles. The fourth-order valence-corrected chi connectivity index (χ4v) is 4.26. The molecule has 3 aromatic rings. The Bertz CT molecular complexity index is 1340. The molecule has 0 aliphatic rings. The smallest absolute Gasteiger partial charge is 0.295 e. The molecule has 0 bridgehead atoms. The molecule has 0 saturated carbocycles. The van der Waals surface area contributed by atoms with Gasteiger partial charge in [0.15, 0.2) is 0 Å². The largest absolute Gasteiger partial charge is 0.497 e. The van der Waals surface area contributed by atoms with Crippen molar-refractivity contribution in [1.29, 1.82) is 0 Å². The van der Waals surface area contributed by atoms with Gasteiger partial charge in [-0.1, -0.05) is 29.8 Å². The average Bonchev–Trinajstić information content (AvgIpc) is 2.79. The predicted molar refractivity (Wildman–Crippen MR) is 129 cm³/mol. The minimum atomic E-state index is -4.04. The lowest BCUT2D eigenvalue weighted by atomic mass is 10.1. The van der Waals surface area contributed by atoms with Crippen LogP contribution in [0.15, 0.2) is 70.7 Å². The summed E-state index contributed by atoms with van der Waals surface area (Å²) in [5.41, 5.74) is 5.78. The van der Waals surface area contributed by atoms with Crippen molar-refractivity contribution in [3.05, 3.63) is 87.5 Å². The Labute approximate surface area is 192 Å². The number of hydrogen-bond acceptors (Lipinski definition) is 7. The highest BCUT2D eigenvalue weighted by Crippen LogP contribution is 2.29. The summed E-state index contributed by atoms with van der Waals surface area (Å²) in [7, 11) is -2.48. The van der Waals surface area contributed by atoms with Gasteiger partial charge in [0.2, 0.25) is 0 Å². The van der Waals surface area contributed by atoms with Gasteiger partial charge in [-0.05, 0) is 56.7 Å². The molecular formula is C23H24N4O5S. The van der Waals surface area contributed by atoms with Crippen LogP contribution < -0.4 is 14.9 Å². The zero-order chi connectivity index (χ0) is 24.2. The van der Waals surface area contributed by atoms with E-state index < -0.39 is 20.6 Å². The fraction of sp³-hybridized carbons (Fsp3) is 0.174. The maximum atomic E-state index is 12.8. The highest BCUT2D eigenvalue weighted by Gasteiger charge is 2.22. The van der Waals surface area contributed by atoms with Crippen molar-refractivity contribution < 1.29 is 18.1 Å². The highest BCUT2D eigenvalue weighted by molar-refractivity contribution is 7.92. The summed E-state index contributed by atoms with van der Waals surface area (Å²) in [6.45, 7) is 5.42. The quantitative estimate of drug-likeness (QED) is 0.277. The van der Waals surface area contributed by atoms with Gasteiger partial charge in [-0.25, -0.2) is 8.42 Å². The second-order valence-corrected chi connectivity index (χ2v) is 9.08. The van der Waals surface area contributed by atoms with Gasteiger partial charge >= 0.3 is 0 Å². The van der Waals surface area contributed by atoms with Crippen LogP contribution in [0, 0.1) is 24.0 Å². The number of rotatable bonds is 8. The molecule has 10 heteroatoms. The molecule has 0 fully saturated rings. The molecule has 0 aliphatic heterocycles. The molecular weight excluding hydrogens is 444 g/mol. The van der Waals surface area contributed by atoms with Crippen molar-refractivity contribution in [2.45, 2.75) is 25.7 Å². The summed E-state index contributed by atoms with van der Waals surface area (Å²) in [6.07, 6.45) is 0. The monoisotopic (exact) mass is 468 g/mol. The minimum absolute atomic E-state index is 0.0627. The standard InChI is InChI=1S/C23H24N4O5S/c1-15-8-10-21(16(2)12-15)26-33(30,31)20-9-11-22(23(14-20)27(28)29)25-24-17(3)18-6-5-7-19(13-18)32-4/h5-14,25-26H,1-4H3/b24-17+. The Kier molecular flexibility index (Phi) is 6.98. The number of nitro groups is 1. The Morgan fingerprint density at radius 3 is 2.42 bits per heavy atom. The topological polar surface area (TPSA) is 123 Å². The number of ether oxygens (including phenoxy) is 1. The molecule has 0 aromatic heterocycles. The second kappa shape index (κ2) is 9.70. The summed E-state index contributed by atoms with van der Waals surface area (Å²) in [6, 6.07) is 16.1. The molecule has 2 N–H and O–H groups in total. The fourth-order valence-electron chi connectivity index (χ4n) is 3.11. The predicted octanol–water partition coefficient (Wildman–Crippen LogP) is 4.86. The van der Waals surface area contributed by atoms with Gasteiger partial charge in [0.05, 0.1) is 28.3 Å². The molecule has 0 saturated heterocycles. The van der Waals surface area contributed by atoms with Gasteiger partial charge < -0.3 is 4.74 Å². The van der Waals surface area contributed by atoms with Gasteiger partial charge in [0, 0.05) is 11.6 Å². The minimum Gasteiger partial charge on any atom is -0.497 e. The van der Waals surface area contributed by atoms with E-state index in [1.54, 1.807) is 51.3 Å². The zero-order valence-corrected chi connectivity index (χ0v) is 19.4. The first-order valence-electron chi connectivity index (χ1n) is 9.94. The summed E-state index contributed by atoms with van der Waals surface area (Å²) < 4.78 is 33.4. The SMILES string of the molecule is COc1cccc(/C(C)=N/Nc2ccc(S(=O)(=O)Nc3ccc(C)cc3C)cc2[N+](=O)[O-])c1. The summed E-state index contributed by atoms with van der Waals surface area (Å²) in [4.78, 5) is 10.7. The average molecular weight is 469 g/mol. The van der Waals surface area contributed by atoms with Crippen LogP contribution in [0.2, 0.25) is 0 Å². The first kappa shape index (κ1) is 23.7. The Hall–Kier alpha value is -3.92. The number of nitrogens with zero attached hydrogens (tertiary/aromatic N) is 2. The summed E-state index contributed by atoms with van der Waals surface area (Å²) >= 11 is 0. The number of methoxy groups -OCH3 is 1. The van der Waals surface area contributed by atoms with Gasteiger partial charge in [-0.3, -0.25) is 20.3 Å². The number of hydrogen-bond donors (Lipinski definition) is 2. The number of nitro benzene ring substituents is 1. The lowest BCUT2D eigenvalue weighted by Crippen LogP contribution is -2.14. The van der Waals surface area contributed by atoms with Crippen molar-refractivity contribution in [3.63, 3.8) is 0 Å². The molecule has 0 aliphatic carbocycles. The van der Waals surface area contributed by atoms with Crippen LogP contribution in [0.5, 0.6) is 5.75 Å². The molecule has 0 spiro atoms. The Balaban J connectivity index is 1.89. The lowest BCUT2D eigenvalue weighted by molar-refractivity contribution is -0.384. The van der Waals surface area contributed by atoms with Crippen LogP contribution in [0.25, 0.3) is 0 Å². The third kappa shape index (κ3) is 5.66. The molecule has 0 atom stereocenters. The number of benzene rings is 3. The molecule has 0 heterocycles. The molecule has 9 nitrogen and oxygen atoms in total. The van der Waals surface area contributed by atoms with E-state index in [2.05, 4.69) is 15.2 Å². The van der Waals surface area contributed by atoms with E-state index in [9.17, 15) is 18.5 Å². The number of sulfonamides is 1. The van der Waals surface area contributed by atoms with E-state index in [-0.39, 0.29) is 10.6 Å². The van der Waals surface area contributed by atoms with Crippen LogP contribution in [-0.4, -0.2) is 26.2 Å². The van der Waals surface area contributed by atoms with Crippen molar-refractivity contribution in [2.24, 2.45) is 5.10 Å². The zero-order valence-electron chi connectivity index (χ0n) is 18.6. The number of anilines is 2. The van der Waals surface area contributed by atoms with Crippen LogP contribution in [-0.2, 0) is 10.0 Å². The van der Waals surface area contributed by atoms with Gasteiger partial charge in [0.25, 0.3) is 15.7 Å². The second-order valence-electron chi connectivity index (χ2n) is 7.40. The van der Waals surface area contributed by atoms with Crippen molar-refractivity contribution in [3.8, 4) is 5.75 Å². The van der Waals surface area contributed by atoms with Crippen molar-refractivity contribution in [1.82, 2.24) is 0 Å². The van der Waals surface area contributed by atoms with E-state index in [1.165, 1.54) is 12.1 Å². The normalized spacial score (nSPS) is 11.7. The Morgan fingerprint density at radius 2 is 1.76 bits per heavy atom. The Morgan fingerprint density at radius 1 is 1.03 bits per heavy atom. The van der Waals surface area contributed by atoms with E-state index >= 15 is 0 Å². The maximum Gasteiger partial charge on any atom is 0.295 e. The molecule has 172 valence electrons. The van der Waals surface area contributed by atoms with Gasteiger partial charge in [0.1, 0.15) is 11.4 Å². The number of hydrazone groups is 1. The first-order valence-corrected chi connectivity index (χ1v) is 11.4. The molecule has 0 unspecified atom stereocenters. The number of nitrogens with one attached hydrogen (secondary N) is 2. The van der Waals surface area contributed by atoms with E-state index in [1.807, 2.05) is 19.1 Å². The third-order valence-electron chi connectivity index (χ3n) is 4.93.